The zero-order chi connectivity index (χ0) is 57.6. The van der Waals surface area contributed by atoms with Crippen molar-refractivity contribution in [3.05, 3.63) is 129 Å². The van der Waals surface area contributed by atoms with E-state index in [0.717, 1.165) is 77.9 Å². The van der Waals surface area contributed by atoms with Crippen LogP contribution >= 0.6 is 15.2 Å². The summed E-state index contributed by atoms with van der Waals surface area (Å²) in [5.41, 5.74) is 16.3. The molecule has 6 aromatic rings. The quantitative estimate of drug-likeness (QED) is 0.123. The van der Waals surface area contributed by atoms with Gasteiger partial charge in [0.1, 0.15) is 0 Å². The molecule has 0 radical (unpaired) electrons. The first-order chi connectivity index (χ1) is 34.1. The van der Waals surface area contributed by atoms with Gasteiger partial charge in [0.15, 0.2) is 0 Å². The normalized spacial score (nSPS) is 14.2. The largest absolute Gasteiger partial charge is 0.357 e. The van der Waals surface area contributed by atoms with Crippen molar-refractivity contribution in [2.45, 2.75) is 209 Å². The summed E-state index contributed by atoms with van der Waals surface area (Å²) in [6.07, 6.45) is 0. The molecule has 7 rings (SSSR count). The monoisotopic (exact) mass is 1060 g/mol. The molecule has 6 aromatic carbocycles. The van der Waals surface area contributed by atoms with Crippen molar-refractivity contribution in [1.29, 1.82) is 0 Å². The van der Waals surface area contributed by atoms with Crippen molar-refractivity contribution >= 4 is 25.8 Å². The van der Waals surface area contributed by atoms with Gasteiger partial charge < -0.3 is 19.6 Å². The van der Waals surface area contributed by atoms with E-state index in [4.69, 9.17) is 0 Å². The Kier molecular flexibility index (Phi) is 14.5. The Morgan fingerprint density at radius 2 is 0.487 bits per heavy atom. The Balaban J connectivity index is 2.02. The highest BCUT2D eigenvalue weighted by Gasteiger charge is 2.46. The first-order valence-corrected chi connectivity index (χ1v) is 30.4. The van der Waals surface area contributed by atoms with Crippen molar-refractivity contribution in [2.24, 2.45) is 0 Å². The summed E-state index contributed by atoms with van der Waals surface area (Å²) >= 11 is 0. The Hall–Kier alpha value is -4.38. The molecule has 0 aliphatic heterocycles. The van der Waals surface area contributed by atoms with Crippen LogP contribution in [0.25, 0.3) is 66.8 Å². The van der Waals surface area contributed by atoms with Gasteiger partial charge in [-0.25, -0.2) is 0 Å². The van der Waals surface area contributed by atoms with Gasteiger partial charge >= 0.3 is 15.2 Å². The van der Waals surface area contributed by atoms with Crippen LogP contribution in [0.2, 0.25) is 0 Å². The topological polar surface area (TPSA) is 115 Å². The highest BCUT2D eigenvalue weighted by atomic mass is 31.2. The lowest BCUT2D eigenvalue weighted by atomic mass is 9.63. The van der Waals surface area contributed by atoms with Gasteiger partial charge in [-0.1, -0.05) is 245 Å². The molecule has 0 spiro atoms. The molecule has 4 N–H and O–H groups in total. The first-order valence-electron chi connectivity index (χ1n) is 27.2. The molecule has 1 aliphatic rings. The molecule has 76 heavy (non-hydrogen) atoms. The second kappa shape index (κ2) is 18.6. The third-order valence-electron chi connectivity index (χ3n) is 15.6. The highest BCUT2D eigenvalue weighted by Crippen LogP contribution is 2.66. The summed E-state index contributed by atoms with van der Waals surface area (Å²) < 4.78 is 28.1. The van der Waals surface area contributed by atoms with Crippen LogP contribution in [0.5, 0.6) is 0 Å². The molecule has 1 aliphatic carbocycles. The van der Waals surface area contributed by atoms with Crippen LogP contribution in [0.4, 0.5) is 0 Å². The van der Waals surface area contributed by atoms with Gasteiger partial charge in [0.2, 0.25) is 0 Å². The number of hydrogen-bond donors (Lipinski definition) is 4. The first kappa shape index (κ1) is 59.3. The number of fused-ring (bicyclic) bond motifs is 4. The molecule has 0 heterocycles. The van der Waals surface area contributed by atoms with Gasteiger partial charge in [0.25, 0.3) is 0 Å². The maximum absolute atomic E-state index is 14.4. The SMILES string of the molecule is CC(C)(C)c1ccc(-c2c(-c3ccc(C(C)(C)C)cc3C(C)(C)C)c(-c3ccc(C(C)(C)C)cc3C(C)(C)C)c3c(c2-c2ccc(C(C)(C)C)cc2C(C)(C)C)-c2ccc(P(=O)(O)O)c(P(=O)(O)O)c2-3)c(C(C)(C)C)c1. The van der Waals surface area contributed by atoms with Crippen LogP contribution in [-0.4, -0.2) is 19.6 Å². The number of rotatable bonds is 6. The van der Waals surface area contributed by atoms with Crippen molar-refractivity contribution < 1.29 is 28.7 Å². The molecule has 408 valence electrons. The number of hydrogen-bond acceptors (Lipinski definition) is 2. The fraction of sp³-hybridized carbons (Fsp3) is 0.471. The van der Waals surface area contributed by atoms with Crippen molar-refractivity contribution in [1.82, 2.24) is 0 Å². The van der Waals surface area contributed by atoms with E-state index in [1.54, 1.807) is 6.07 Å². The summed E-state index contributed by atoms with van der Waals surface area (Å²) in [6.45, 7) is 53.8. The second-order valence-electron chi connectivity index (χ2n) is 30.2. The van der Waals surface area contributed by atoms with E-state index in [-0.39, 0.29) is 32.6 Å². The van der Waals surface area contributed by atoms with E-state index in [1.807, 2.05) is 0 Å². The third-order valence-corrected chi connectivity index (χ3v) is 17.9. The van der Waals surface area contributed by atoms with E-state index in [1.165, 1.54) is 22.8 Å². The van der Waals surface area contributed by atoms with Crippen molar-refractivity contribution in [3.8, 4) is 66.8 Å². The van der Waals surface area contributed by atoms with Crippen LogP contribution in [0, 0.1) is 0 Å². The minimum atomic E-state index is -5.42. The van der Waals surface area contributed by atoms with Crippen LogP contribution in [0.15, 0.2) is 84.9 Å². The van der Waals surface area contributed by atoms with Gasteiger partial charge in [0, 0.05) is 11.1 Å². The van der Waals surface area contributed by atoms with Gasteiger partial charge in [-0.15, -0.1) is 0 Å². The Morgan fingerprint density at radius 1 is 0.263 bits per heavy atom. The maximum atomic E-state index is 14.4. The van der Waals surface area contributed by atoms with E-state index in [0.29, 0.717) is 11.1 Å². The molecule has 0 amide bonds. The molecular formula is C68H90O6P2. The molecular weight excluding hydrogens is 975 g/mol. The fourth-order valence-electron chi connectivity index (χ4n) is 11.3. The van der Waals surface area contributed by atoms with Crippen LogP contribution in [-0.2, 0) is 52.5 Å². The lowest BCUT2D eigenvalue weighted by molar-refractivity contribution is 0.381. The minimum absolute atomic E-state index is 0.176. The van der Waals surface area contributed by atoms with E-state index >= 15 is 0 Å². The standard InChI is InChI=1S/C68H90O6P2/c1-61(2,3)39-25-29-43(48(35-39)65(13,14)15)53-54(44-30-26-40(62(4,5)6)36-49(44)66(16,17)18)56(46-32-28-42(64(10,11)12)38-51(46)68(22,23)24)59-57(47-33-34-52(75(69,70)71)60(58(47)59)76(72,73)74)55(53)45-31-27-41(63(7,8)9)37-50(45)67(19,20)21/h25-38H,1-24H3,(H2,69,70,71)(H2,72,73,74). The molecule has 0 atom stereocenters. The zero-order valence-corrected chi connectivity index (χ0v) is 52.4. The summed E-state index contributed by atoms with van der Waals surface area (Å²) in [4.78, 5) is 45.6. The molecule has 0 saturated heterocycles. The Morgan fingerprint density at radius 3 is 0.697 bits per heavy atom. The predicted octanol–water partition coefficient (Wildman–Crippen LogP) is 18.0. The summed E-state index contributed by atoms with van der Waals surface area (Å²) in [6, 6.07) is 30.4. The average Bonchev–Trinajstić information content (AvgIpc) is 3.23. The van der Waals surface area contributed by atoms with Crippen molar-refractivity contribution in [3.63, 3.8) is 0 Å². The second-order valence-corrected chi connectivity index (χ2v) is 33.3. The summed E-state index contributed by atoms with van der Waals surface area (Å²) in [7, 11) is -10.7. The third kappa shape index (κ3) is 11.0. The van der Waals surface area contributed by atoms with E-state index in [9.17, 15) is 28.7 Å². The predicted molar refractivity (Wildman–Crippen MR) is 326 cm³/mol. The Labute approximate surface area is 457 Å². The lowest BCUT2D eigenvalue weighted by Gasteiger charge is -2.40. The molecule has 6 nitrogen and oxygen atoms in total. The van der Waals surface area contributed by atoms with Gasteiger partial charge in [-0.2, -0.15) is 0 Å². The molecule has 0 bridgehead atoms. The number of benzene rings is 6. The summed E-state index contributed by atoms with van der Waals surface area (Å²) in [5, 5.41) is -1.28. The highest BCUT2D eigenvalue weighted by molar-refractivity contribution is 7.67. The van der Waals surface area contributed by atoms with Crippen molar-refractivity contribution in [2.75, 3.05) is 0 Å². The molecule has 0 saturated carbocycles. The minimum Gasteiger partial charge on any atom is -0.321 e. The molecule has 8 heteroatoms. The smallest absolute Gasteiger partial charge is 0.321 e. The van der Waals surface area contributed by atoms with E-state index < -0.39 is 42.0 Å². The fourth-order valence-corrected chi connectivity index (χ4v) is 13.6. The van der Waals surface area contributed by atoms with E-state index in [2.05, 4.69) is 239 Å². The van der Waals surface area contributed by atoms with Gasteiger partial charge in [0.05, 0.1) is 10.6 Å². The average molecular weight is 1070 g/mol. The summed E-state index contributed by atoms with van der Waals surface area (Å²) in [5.74, 6) is 0. The zero-order valence-electron chi connectivity index (χ0n) is 50.6. The van der Waals surface area contributed by atoms with Crippen LogP contribution < -0.4 is 10.6 Å². The van der Waals surface area contributed by atoms with Crippen LogP contribution in [0.3, 0.4) is 0 Å². The molecule has 0 aromatic heterocycles. The van der Waals surface area contributed by atoms with Crippen LogP contribution in [0.1, 0.15) is 211 Å². The molecule has 0 fully saturated rings. The lowest BCUT2D eigenvalue weighted by Crippen LogP contribution is -2.31. The molecule has 0 unspecified atom stereocenters. The van der Waals surface area contributed by atoms with Gasteiger partial charge in [-0.05, 0) is 150 Å². The van der Waals surface area contributed by atoms with Gasteiger partial charge in [-0.3, -0.25) is 9.13 Å². The Bertz CT molecular complexity index is 3410. The maximum Gasteiger partial charge on any atom is 0.357 e.